The summed E-state index contributed by atoms with van der Waals surface area (Å²) in [6, 6.07) is 4.47. The molecule has 0 aliphatic heterocycles. The van der Waals surface area contributed by atoms with Crippen LogP contribution in [0.2, 0.25) is 5.02 Å². The summed E-state index contributed by atoms with van der Waals surface area (Å²) in [5, 5.41) is 0.501. The van der Waals surface area contributed by atoms with Crippen molar-refractivity contribution in [2.24, 2.45) is 0 Å². The molecule has 0 radical (unpaired) electrons. The molecule has 0 heterocycles. The van der Waals surface area contributed by atoms with Crippen LogP contribution in [0.3, 0.4) is 0 Å². The van der Waals surface area contributed by atoms with E-state index in [4.69, 9.17) is 11.6 Å². The van der Waals surface area contributed by atoms with Gasteiger partial charge in [-0.05, 0) is 40.8 Å². The molecule has 0 aromatic heterocycles. The first-order valence-electron chi connectivity index (χ1n) is 2.99. The quantitative estimate of drug-likeness (QED) is 0.759. The Morgan fingerprint density at radius 3 is 2.58 bits per heavy atom. The number of benzene rings is 1. The lowest BCUT2D eigenvalue weighted by molar-refractivity contribution is -0.0504. The van der Waals surface area contributed by atoms with Gasteiger partial charge in [0.15, 0.2) is 0 Å². The Morgan fingerprint density at radius 1 is 1.42 bits per heavy atom. The Labute approximate surface area is 86.8 Å². The van der Waals surface area contributed by atoms with Crippen LogP contribution in [0.4, 0.5) is 8.78 Å². The van der Waals surface area contributed by atoms with Crippen LogP contribution in [0.15, 0.2) is 18.2 Å². The van der Waals surface area contributed by atoms with Crippen LogP contribution in [0.1, 0.15) is 0 Å². The third-order valence-electron chi connectivity index (χ3n) is 1.11. The Bertz CT molecular complexity index is 280. The minimum atomic E-state index is -2.79. The average molecular weight is 304 g/mol. The maximum atomic E-state index is 11.7. The van der Waals surface area contributed by atoms with Gasteiger partial charge in [0, 0.05) is 5.02 Å². The molecule has 12 heavy (non-hydrogen) atoms. The van der Waals surface area contributed by atoms with Gasteiger partial charge in [0.2, 0.25) is 0 Å². The van der Waals surface area contributed by atoms with E-state index < -0.39 is 6.61 Å². The lowest BCUT2D eigenvalue weighted by atomic mass is 10.3. The third-order valence-corrected chi connectivity index (χ3v) is 2.19. The normalized spacial score (nSPS) is 10.4. The lowest BCUT2D eigenvalue weighted by Crippen LogP contribution is -2.02. The van der Waals surface area contributed by atoms with E-state index in [1.165, 1.54) is 12.1 Å². The van der Waals surface area contributed by atoms with E-state index in [1.807, 2.05) is 22.6 Å². The SMILES string of the molecule is FC(F)Oc1ccc(Cl)cc1I. The fraction of sp³-hybridized carbons (Fsp3) is 0.143. The largest absolute Gasteiger partial charge is 0.434 e. The van der Waals surface area contributed by atoms with Gasteiger partial charge in [0.05, 0.1) is 3.57 Å². The molecule has 1 rings (SSSR count). The Kier molecular flexibility index (Phi) is 3.52. The van der Waals surface area contributed by atoms with Crippen molar-refractivity contribution in [2.75, 3.05) is 0 Å². The van der Waals surface area contributed by atoms with Crippen LogP contribution in [0, 0.1) is 3.57 Å². The van der Waals surface area contributed by atoms with E-state index in [2.05, 4.69) is 4.74 Å². The Balaban J connectivity index is 2.86. The summed E-state index contributed by atoms with van der Waals surface area (Å²) < 4.78 is 28.3. The molecular formula is C7H4ClF2IO. The summed E-state index contributed by atoms with van der Waals surface area (Å²) >= 11 is 7.48. The van der Waals surface area contributed by atoms with Crippen molar-refractivity contribution in [1.29, 1.82) is 0 Å². The van der Waals surface area contributed by atoms with Gasteiger partial charge in [0.25, 0.3) is 0 Å². The number of alkyl halides is 2. The van der Waals surface area contributed by atoms with E-state index >= 15 is 0 Å². The number of rotatable bonds is 2. The maximum Gasteiger partial charge on any atom is 0.387 e. The lowest BCUT2D eigenvalue weighted by Gasteiger charge is -2.05. The molecule has 1 aromatic carbocycles. The van der Waals surface area contributed by atoms with Crippen LogP contribution < -0.4 is 4.74 Å². The van der Waals surface area contributed by atoms with E-state index in [0.29, 0.717) is 8.59 Å². The van der Waals surface area contributed by atoms with Crippen molar-refractivity contribution in [3.8, 4) is 5.75 Å². The maximum absolute atomic E-state index is 11.7. The van der Waals surface area contributed by atoms with Gasteiger partial charge in [-0.1, -0.05) is 11.6 Å². The zero-order valence-electron chi connectivity index (χ0n) is 5.73. The molecule has 5 heteroatoms. The van der Waals surface area contributed by atoms with E-state index in [-0.39, 0.29) is 5.75 Å². The molecular weight excluding hydrogens is 300 g/mol. The van der Waals surface area contributed by atoms with E-state index in [9.17, 15) is 8.78 Å². The van der Waals surface area contributed by atoms with Crippen molar-refractivity contribution >= 4 is 34.2 Å². The summed E-state index contributed by atoms with van der Waals surface area (Å²) in [6.45, 7) is -2.79. The molecule has 0 unspecified atom stereocenters. The zero-order valence-corrected chi connectivity index (χ0v) is 8.64. The molecule has 66 valence electrons. The molecule has 0 aliphatic rings. The highest BCUT2D eigenvalue weighted by atomic mass is 127. The summed E-state index contributed by atoms with van der Waals surface area (Å²) in [6.07, 6.45) is 0. The van der Waals surface area contributed by atoms with Crippen molar-refractivity contribution in [1.82, 2.24) is 0 Å². The number of hydrogen-bond donors (Lipinski definition) is 0. The Hall–Kier alpha value is -0.100. The minimum Gasteiger partial charge on any atom is -0.434 e. The first kappa shape index (κ1) is 9.98. The molecule has 1 nitrogen and oxygen atoms in total. The summed E-state index contributed by atoms with van der Waals surface area (Å²) in [5.41, 5.74) is 0. The van der Waals surface area contributed by atoms with Gasteiger partial charge >= 0.3 is 6.61 Å². The van der Waals surface area contributed by atoms with Gasteiger partial charge in [-0.2, -0.15) is 8.78 Å². The fourth-order valence-corrected chi connectivity index (χ4v) is 1.67. The average Bonchev–Trinajstić information content (AvgIpc) is 1.94. The topological polar surface area (TPSA) is 9.23 Å². The number of ether oxygens (including phenoxy) is 1. The molecule has 0 saturated carbocycles. The Morgan fingerprint density at radius 2 is 2.08 bits per heavy atom. The standard InChI is InChI=1S/C7H4ClF2IO/c8-4-1-2-6(5(11)3-4)12-7(9)10/h1-3,7H. The zero-order chi connectivity index (χ0) is 9.14. The predicted molar refractivity (Wildman–Crippen MR) is 50.8 cm³/mol. The molecule has 0 N–H and O–H groups in total. The predicted octanol–water partition coefficient (Wildman–Crippen LogP) is 3.55. The van der Waals surface area contributed by atoms with Crippen LogP contribution >= 0.6 is 34.2 Å². The molecule has 0 saturated heterocycles. The fourth-order valence-electron chi connectivity index (χ4n) is 0.667. The van der Waals surface area contributed by atoms with Crippen molar-refractivity contribution in [3.05, 3.63) is 26.8 Å². The molecule has 0 amide bonds. The van der Waals surface area contributed by atoms with Gasteiger partial charge in [-0.25, -0.2) is 0 Å². The third kappa shape index (κ3) is 2.75. The van der Waals surface area contributed by atoms with Gasteiger partial charge in [0.1, 0.15) is 5.75 Å². The second-order valence-corrected chi connectivity index (χ2v) is 3.55. The monoisotopic (exact) mass is 304 g/mol. The highest BCUT2D eigenvalue weighted by Gasteiger charge is 2.07. The first-order chi connectivity index (χ1) is 5.59. The smallest absolute Gasteiger partial charge is 0.387 e. The van der Waals surface area contributed by atoms with E-state index in [1.54, 1.807) is 6.07 Å². The summed E-state index contributed by atoms with van der Waals surface area (Å²) in [5.74, 6) is 0.148. The van der Waals surface area contributed by atoms with Crippen LogP contribution in [-0.4, -0.2) is 6.61 Å². The molecule has 0 fully saturated rings. The highest BCUT2D eigenvalue weighted by molar-refractivity contribution is 14.1. The molecule has 1 aromatic rings. The minimum absolute atomic E-state index is 0.148. The van der Waals surface area contributed by atoms with Crippen molar-refractivity contribution in [2.45, 2.75) is 6.61 Å². The van der Waals surface area contributed by atoms with Gasteiger partial charge in [-0.3, -0.25) is 0 Å². The highest BCUT2D eigenvalue weighted by Crippen LogP contribution is 2.25. The second kappa shape index (κ2) is 4.23. The molecule has 0 spiro atoms. The van der Waals surface area contributed by atoms with Crippen LogP contribution in [0.25, 0.3) is 0 Å². The number of halogens is 4. The van der Waals surface area contributed by atoms with Crippen LogP contribution in [0.5, 0.6) is 5.75 Å². The van der Waals surface area contributed by atoms with Crippen molar-refractivity contribution in [3.63, 3.8) is 0 Å². The number of hydrogen-bond acceptors (Lipinski definition) is 1. The van der Waals surface area contributed by atoms with Gasteiger partial charge in [-0.15, -0.1) is 0 Å². The van der Waals surface area contributed by atoms with Crippen molar-refractivity contribution < 1.29 is 13.5 Å². The molecule has 0 aliphatic carbocycles. The molecule has 0 atom stereocenters. The van der Waals surface area contributed by atoms with Crippen LogP contribution in [-0.2, 0) is 0 Å². The second-order valence-electron chi connectivity index (χ2n) is 1.95. The summed E-state index contributed by atoms with van der Waals surface area (Å²) in [4.78, 5) is 0. The summed E-state index contributed by atoms with van der Waals surface area (Å²) in [7, 11) is 0. The first-order valence-corrected chi connectivity index (χ1v) is 4.45. The van der Waals surface area contributed by atoms with Gasteiger partial charge < -0.3 is 4.74 Å². The van der Waals surface area contributed by atoms with E-state index in [0.717, 1.165) is 0 Å². The molecule has 0 bridgehead atoms.